The lowest BCUT2D eigenvalue weighted by Gasteiger charge is -2.15. The van der Waals surface area contributed by atoms with Gasteiger partial charge in [0.05, 0.1) is 12.6 Å². The average Bonchev–Trinajstić information content (AvgIpc) is 2.91. The van der Waals surface area contributed by atoms with Crippen LogP contribution < -0.4 is 5.32 Å². The van der Waals surface area contributed by atoms with Gasteiger partial charge in [-0.05, 0) is 37.1 Å². The highest BCUT2D eigenvalue weighted by molar-refractivity contribution is 5.91. The molecule has 1 heterocycles. The normalized spacial score (nSPS) is 12.5. The predicted molar refractivity (Wildman–Crippen MR) is 81.6 cm³/mol. The lowest BCUT2D eigenvalue weighted by atomic mass is 10.1. The first-order chi connectivity index (χ1) is 10.2. The molecular weight excluding hydrogens is 266 g/mol. The molecule has 2 aromatic rings. The van der Waals surface area contributed by atoms with E-state index in [1.54, 1.807) is 12.1 Å². The van der Waals surface area contributed by atoms with E-state index in [2.05, 4.69) is 5.32 Å². The van der Waals surface area contributed by atoms with Crippen LogP contribution in [0.1, 0.15) is 17.1 Å². The lowest BCUT2D eigenvalue weighted by molar-refractivity contribution is -0.117. The van der Waals surface area contributed by atoms with Crippen LogP contribution in [0.3, 0.4) is 0 Å². The van der Waals surface area contributed by atoms with Crippen LogP contribution in [0, 0.1) is 6.92 Å². The van der Waals surface area contributed by atoms with Gasteiger partial charge in [-0.15, -0.1) is 0 Å². The number of aryl methyl sites for hydroxylation is 1. The molecule has 0 bridgehead atoms. The molecule has 1 amide bonds. The van der Waals surface area contributed by atoms with Crippen LogP contribution in [0.15, 0.2) is 53.0 Å². The minimum absolute atomic E-state index is 0.103. The van der Waals surface area contributed by atoms with E-state index in [1.165, 1.54) is 6.08 Å². The zero-order chi connectivity index (χ0) is 15.1. The van der Waals surface area contributed by atoms with E-state index >= 15 is 0 Å². The molecule has 4 nitrogen and oxygen atoms in total. The number of aliphatic hydroxyl groups excluding tert-OH is 1. The molecule has 0 saturated heterocycles. The maximum absolute atomic E-state index is 11.8. The summed E-state index contributed by atoms with van der Waals surface area (Å²) in [6, 6.07) is 13.1. The fourth-order valence-electron chi connectivity index (χ4n) is 2.01. The zero-order valence-corrected chi connectivity index (χ0v) is 12.0. The summed E-state index contributed by atoms with van der Waals surface area (Å²) in [5.41, 5.74) is 1.07. The van der Waals surface area contributed by atoms with Gasteiger partial charge >= 0.3 is 0 Å². The van der Waals surface area contributed by atoms with Crippen molar-refractivity contribution < 1.29 is 14.3 Å². The summed E-state index contributed by atoms with van der Waals surface area (Å²) < 4.78 is 5.34. The second-order valence-electron chi connectivity index (χ2n) is 4.86. The third-order valence-corrected chi connectivity index (χ3v) is 3.05. The van der Waals surface area contributed by atoms with Gasteiger partial charge < -0.3 is 14.8 Å². The van der Waals surface area contributed by atoms with Gasteiger partial charge in [-0.3, -0.25) is 4.79 Å². The Kier molecular flexibility index (Phi) is 5.35. The highest BCUT2D eigenvalue weighted by Gasteiger charge is 2.10. The number of amides is 1. The molecule has 2 rings (SSSR count). The van der Waals surface area contributed by atoms with Gasteiger partial charge in [0, 0.05) is 6.08 Å². The van der Waals surface area contributed by atoms with Crippen molar-refractivity contribution in [2.45, 2.75) is 19.4 Å². The molecule has 0 radical (unpaired) electrons. The second kappa shape index (κ2) is 7.45. The Bertz CT molecular complexity index is 602. The van der Waals surface area contributed by atoms with E-state index in [-0.39, 0.29) is 18.6 Å². The number of aliphatic hydroxyl groups is 1. The van der Waals surface area contributed by atoms with Crippen LogP contribution in [0.5, 0.6) is 0 Å². The second-order valence-corrected chi connectivity index (χ2v) is 4.86. The molecule has 1 unspecified atom stereocenters. The van der Waals surface area contributed by atoms with Gasteiger partial charge in [0.1, 0.15) is 11.5 Å². The zero-order valence-electron chi connectivity index (χ0n) is 12.0. The quantitative estimate of drug-likeness (QED) is 0.801. The van der Waals surface area contributed by atoms with E-state index in [0.717, 1.165) is 11.3 Å². The van der Waals surface area contributed by atoms with Crippen molar-refractivity contribution in [1.82, 2.24) is 5.32 Å². The Morgan fingerprint density at radius 1 is 1.29 bits per heavy atom. The van der Waals surface area contributed by atoms with Crippen molar-refractivity contribution in [3.63, 3.8) is 0 Å². The van der Waals surface area contributed by atoms with Gasteiger partial charge in [0.15, 0.2) is 0 Å². The maximum Gasteiger partial charge on any atom is 0.244 e. The van der Waals surface area contributed by atoms with E-state index in [1.807, 2.05) is 43.3 Å². The first-order valence-electron chi connectivity index (χ1n) is 6.87. The summed E-state index contributed by atoms with van der Waals surface area (Å²) in [4.78, 5) is 11.8. The molecule has 110 valence electrons. The number of rotatable bonds is 6. The third-order valence-electron chi connectivity index (χ3n) is 3.05. The minimum Gasteiger partial charge on any atom is -0.462 e. The molecule has 1 atom stereocenters. The first kappa shape index (κ1) is 15.1. The predicted octanol–water partition coefficient (Wildman–Crippen LogP) is 2.32. The number of hydrogen-bond acceptors (Lipinski definition) is 3. The van der Waals surface area contributed by atoms with Crippen molar-refractivity contribution in [2.75, 3.05) is 6.61 Å². The number of carbonyl (C=O) groups excluding carboxylic acids is 1. The molecule has 0 fully saturated rings. The van der Waals surface area contributed by atoms with Crippen LogP contribution in [-0.2, 0) is 11.2 Å². The van der Waals surface area contributed by atoms with Crippen molar-refractivity contribution in [3.8, 4) is 0 Å². The maximum atomic E-state index is 11.8. The molecule has 4 heteroatoms. The summed E-state index contributed by atoms with van der Waals surface area (Å²) in [5, 5.41) is 12.1. The van der Waals surface area contributed by atoms with Crippen LogP contribution in [0.2, 0.25) is 0 Å². The number of benzene rings is 1. The lowest BCUT2D eigenvalue weighted by Crippen LogP contribution is -2.38. The number of hydrogen-bond donors (Lipinski definition) is 2. The SMILES string of the molecule is Cc1ccc(C=CC(=O)NC(CO)Cc2ccccc2)o1. The molecule has 1 aromatic carbocycles. The Morgan fingerprint density at radius 3 is 2.67 bits per heavy atom. The van der Waals surface area contributed by atoms with Gasteiger partial charge in [-0.25, -0.2) is 0 Å². The highest BCUT2D eigenvalue weighted by Crippen LogP contribution is 2.08. The molecular formula is C17H19NO3. The molecule has 0 aliphatic carbocycles. The Balaban J connectivity index is 1.89. The average molecular weight is 285 g/mol. The molecule has 0 saturated carbocycles. The molecule has 0 aliphatic rings. The monoisotopic (exact) mass is 285 g/mol. The van der Waals surface area contributed by atoms with E-state index in [0.29, 0.717) is 12.2 Å². The summed E-state index contributed by atoms with van der Waals surface area (Å²) >= 11 is 0. The molecule has 21 heavy (non-hydrogen) atoms. The van der Waals surface area contributed by atoms with Crippen LogP contribution in [0.25, 0.3) is 6.08 Å². The largest absolute Gasteiger partial charge is 0.462 e. The Labute approximate surface area is 124 Å². The van der Waals surface area contributed by atoms with E-state index in [9.17, 15) is 9.90 Å². The van der Waals surface area contributed by atoms with Crippen molar-refractivity contribution in [2.24, 2.45) is 0 Å². The topological polar surface area (TPSA) is 62.5 Å². The van der Waals surface area contributed by atoms with Gasteiger partial charge in [-0.1, -0.05) is 30.3 Å². The van der Waals surface area contributed by atoms with E-state index < -0.39 is 0 Å². The van der Waals surface area contributed by atoms with Crippen LogP contribution in [0.4, 0.5) is 0 Å². The summed E-state index contributed by atoms with van der Waals surface area (Å²) in [6.07, 6.45) is 3.61. The smallest absolute Gasteiger partial charge is 0.244 e. The summed E-state index contributed by atoms with van der Waals surface area (Å²) in [6.45, 7) is 1.74. The van der Waals surface area contributed by atoms with Gasteiger partial charge in [-0.2, -0.15) is 0 Å². The Hall–Kier alpha value is -2.33. The molecule has 1 aromatic heterocycles. The van der Waals surface area contributed by atoms with Crippen molar-refractivity contribution in [3.05, 3.63) is 65.6 Å². The molecule has 2 N–H and O–H groups in total. The van der Waals surface area contributed by atoms with Crippen LogP contribution >= 0.6 is 0 Å². The Morgan fingerprint density at radius 2 is 2.05 bits per heavy atom. The fourth-order valence-corrected chi connectivity index (χ4v) is 2.01. The summed E-state index contributed by atoms with van der Waals surface area (Å²) in [7, 11) is 0. The molecule has 0 aliphatic heterocycles. The van der Waals surface area contributed by atoms with Crippen molar-refractivity contribution >= 4 is 12.0 Å². The van der Waals surface area contributed by atoms with Crippen molar-refractivity contribution in [1.29, 1.82) is 0 Å². The van der Waals surface area contributed by atoms with E-state index in [4.69, 9.17) is 4.42 Å². The van der Waals surface area contributed by atoms with Crippen LogP contribution in [-0.4, -0.2) is 23.7 Å². The standard InChI is InChI=1S/C17H19NO3/c1-13-7-8-16(21-13)9-10-17(20)18-15(12-19)11-14-5-3-2-4-6-14/h2-10,15,19H,11-12H2,1H3,(H,18,20). The number of nitrogens with one attached hydrogen (secondary N) is 1. The number of furan rings is 1. The highest BCUT2D eigenvalue weighted by atomic mass is 16.3. The summed E-state index contributed by atoms with van der Waals surface area (Å²) in [5.74, 6) is 1.18. The fraction of sp³-hybridized carbons (Fsp3) is 0.235. The van der Waals surface area contributed by atoms with Gasteiger partial charge in [0.25, 0.3) is 0 Å². The third kappa shape index (κ3) is 4.93. The minimum atomic E-state index is -0.303. The first-order valence-corrected chi connectivity index (χ1v) is 6.87. The number of carbonyl (C=O) groups is 1. The van der Waals surface area contributed by atoms with Gasteiger partial charge in [0.2, 0.25) is 5.91 Å². The molecule has 0 spiro atoms.